The van der Waals surface area contributed by atoms with Crippen LogP contribution in [0.1, 0.15) is 11.1 Å². The largest absolute Gasteiger partial charge is 0.497 e. The third kappa shape index (κ3) is 4.64. The van der Waals surface area contributed by atoms with Crippen molar-refractivity contribution >= 4 is 23.6 Å². The van der Waals surface area contributed by atoms with E-state index in [9.17, 15) is 4.79 Å². The molecule has 0 atom stereocenters. The van der Waals surface area contributed by atoms with Crippen molar-refractivity contribution in [3.05, 3.63) is 70.8 Å². The monoisotopic (exact) mass is 315 g/mol. The highest BCUT2D eigenvalue weighted by Gasteiger charge is 2.06. The molecule has 2 rings (SSSR count). The first-order chi connectivity index (χ1) is 10.6. The number of methoxy groups -OCH3 is 1. The molecule has 0 heterocycles. The van der Waals surface area contributed by atoms with Gasteiger partial charge >= 0.3 is 0 Å². The van der Waals surface area contributed by atoms with Gasteiger partial charge in [0.1, 0.15) is 5.75 Å². The van der Waals surface area contributed by atoms with Gasteiger partial charge in [0.05, 0.1) is 7.11 Å². The van der Waals surface area contributed by atoms with Gasteiger partial charge in [0, 0.05) is 24.7 Å². The number of nitrogens with zero attached hydrogens (tertiary/aromatic N) is 1. The summed E-state index contributed by atoms with van der Waals surface area (Å²) < 4.78 is 5.12. The van der Waals surface area contributed by atoms with Crippen LogP contribution in [-0.4, -0.2) is 25.0 Å². The van der Waals surface area contributed by atoms with Crippen molar-refractivity contribution in [2.45, 2.75) is 6.54 Å². The first-order valence-corrected chi connectivity index (χ1v) is 7.28. The Morgan fingerprint density at radius 3 is 2.59 bits per heavy atom. The fourth-order valence-electron chi connectivity index (χ4n) is 1.99. The lowest BCUT2D eigenvalue weighted by Crippen LogP contribution is -2.24. The molecule has 0 aliphatic heterocycles. The van der Waals surface area contributed by atoms with Crippen LogP contribution in [0.4, 0.5) is 0 Å². The predicted octanol–water partition coefficient (Wildman–Crippen LogP) is 4.02. The van der Waals surface area contributed by atoms with E-state index in [4.69, 9.17) is 16.3 Å². The van der Waals surface area contributed by atoms with Crippen LogP contribution >= 0.6 is 11.6 Å². The van der Waals surface area contributed by atoms with Gasteiger partial charge in [-0.1, -0.05) is 35.9 Å². The van der Waals surface area contributed by atoms with Gasteiger partial charge in [0.15, 0.2) is 0 Å². The van der Waals surface area contributed by atoms with E-state index < -0.39 is 0 Å². The smallest absolute Gasteiger partial charge is 0.246 e. The molecule has 3 nitrogen and oxygen atoms in total. The Labute approximate surface area is 135 Å². The third-order valence-electron chi connectivity index (χ3n) is 3.22. The molecule has 0 unspecified atom stereocenters. The number of halogens is 1. The van der Waals surface area contributed by atoms with E-state index in [2.05, 4.69) is 0 Å². The summed E-state index contributed by atoms with van der Waals surface area (Å²) in [4.78, 5) is 13.8. The van der Waals surface area contributed by atoms with Gasteiger partial charge in [-0.05, 0) is 41.5 Å². The maximum Gasteiger partial charge on any atom is 0.246 e. The Morgan fingerprint density at radius 2 is 1.95 bits per heavy atom. The van der Waals surface area contributed by atoms with Crippen LogP contribution in [0, 0.1) is 0 Å². The highest BCUT2D eigenvalue weighted by Crippen LogP contribution is 2.14. The second-order valence-corrected chi connectivity index (χ2v) is 5.37. The zero-order valence-electron chi connectivity index (χ0n) is 12.6. The van der Waals surface area contributed by atoms with Gasteiger partial charge in [0.2, 0.25) is 5.91 Å². The number of amides is 1. The lowest BCUT2D eigenvalue weighted by atomic mass is 10.2. The van der Waals surface area contributed by atoms with E-state index in [0.29, 0.717) is 11.6 Å². The predicted molar refractivity (Wildman–Crippen MR) is 90.0 cm³/mol. The molecule has 114 valence electrons. The second kappa shape index (κ2) is 7.66. The zero-order valence-corrected chi connectivity index (χ0v) is 13.4. The van der Waals surface area contributed by atoms with Gasteiger partial charge in [0.25, 0.3) is 0 Å². The van der Waals surface area contributed by atoms with E-state index in [1.807, 2.05) is 42.5 Å². The molecule has 0 spiro atoms. The minimum atomic E-state index is -0.0595. The van der Waals surface area contributed by atoms with E-state index >= 15 is 0 Å². The number of ether oxygens (including phenoxy) is 1. The second-order valence-electron chi connectivity index (χ2n) is 4.93. The van der Waals surface area contributed by atoms with Crippen LogP contribution in [0.5, 0.6) is 5.75 Å². The number of hydrogen-bond donors (Lipinski definition) is 0. The molecule has 22 heavy (non-hydrogen) atoms. The van der Waals surface area contributed by atoms with Crippen LogP contribution < -0.4 is 4.74 Å². The van der Waals surface area contributed by atoms with Crippen LogP contribution in [0.25, 0.3) is 6.08 Å². The lowest BCUT2D eigenvalue weighted by Gasteiger charge is -2.15. The molecule has 0 aromatic heterocycles. The van der Waals surface area contributed by atoms with Crippen molar-refractivity contribution in [2.24, 2.45) is 0 Å². The molecule has 0 saturated heterocycles. The van der Waals surface area contributed by atoms with Crippen molar-refractivity contribution in [3.63, 3.8) is 0 Å². The summed E-state index contributed by atoms with van der Waals surface area (Å²) >= 11 is 5.92. The molecular weight excluding hydrogens is 298 g/mol. The van der Waals surface area contributed by atoms with E-state index in [0.717, 1.165) is 16.9 Å². The van der Waals surface area contributed by atoms with Crippen LogP contribution in [0.2, 0.25) is 5.02 Å². The number of rotatable bonds is 5. The molecule has 4 heteroatoms. The Morgan fingerprint density at radius 1 is 1.23 bits per heavy atom. The molecule has 0 saturated carbocycles. The molecule has 2 aromatic rings. The summed E-state index contributed by atoms with van der Waals surface area (Å²) in [5.74, 6) is 0.745. The number of likely N-dealkylation sites (N-methyl/N-ethyl adjacent to an activating group) is 1. The standard InChI is InChI=1S/C18H18ClNO2/c1-20(13-15-6-9-17(22-2)10-7-15)18(21)11-8-14-4-3-5-16(19)12-14/h3-12H,13H2,1-2H3/b11-8+. The van der Waals surface area contributed by atoms with E-state index in [-0.39, 0.29) is 5.91 Å². The summed E-state index contributed by atoms with van der Waals surface area (Å²) in [7, 11) is 3.40. The fraction of sp³-hybridized carbons (Fsp3) is 0.167. The molecule has 0 aliphatic carbocycles. The molecule has 0 bridgehead atoms. The zero-order chi connectivity index (χ0) is 15.9. The van der Waals surface area contributed by atoms with E-state index in [1.165, 1.54) is 0 Å². The Bertz CT molecular complexity index is 665. The number of carbonyl (C=O) groups excluding carboxylic acids is 1. The van der Waals surface area contributed by atoms with Crippen molar-refractivity contribution in [2.75, 3.05) is 14.2 Å². The number of hydrogen-bond acceptors (Lipinski definition) is 2. The Kier molecular flexibility index (Phi) is 5.61. The fourth-order valence-corrected chi connectivity index (χ4v) is 2.19. The van der Waals surface area contributed by atoms with Crippen molar-refractivity contribution < 1.29 is 9.53 Å². The van der Waals surface area contributed by atoms with Gasteiger partial charge < -0.3 is 9.64 Å². The lowest BCUT2D eigenvalue weighted by molar-refractivity contribution is -0.125. The number of benzene rings is 2. The molecule has 0 fully saturated rings. The number of carbonyl (C=O) groups is 1. The minimum absolute atomic E-state index is 0.0595. The van der Waals surface area contributed by atoms with Crippen molar-refractivity contribution in [3.8, 4) is 5.75 Å². The summed E-state index contributed by atoms with van der Waals surface area (Å²) in [6, 6.07) is 15.0. The highest BCUT2D eigenvalue weighted by atomic mass is 35.5. The van der Waals surface area contributed by atoms with Gasteiger partial charge in [-0.25, -0.2) is 0 Å². The van der Waals surface area contributed by atoms with Crippen LogP contribution in [-0.2, 0) is 11.3 Å². The van der Waals surface area contributed by atoms with Crippen LogP contribution in [0.15, 0.2) is 54.6 Å². The first kappa shape index (κ1) is 16.1. The average molecular weight is 316 g/mol. The maximum atomic E-state index is 12.1. The maximum absolute atomic E-state index is 12.1. The molecule has 2 aromatic carbocycles. The summed E-state index contributed by atoms with van der Waals surface area (Å²) in [5, 5.41) is 0.654. The summed E-state index contributed by atoms with van der Waals surface area (Å²) in [5.41, 5.74) is 1.95. The van der Waals surface area contributed by atoms with E-state index in [1.54, 1.807) is 37.3 Å². The quantitative estimate of drug-likeness (QED) is 0.780. The Balaban J connectivity index is 1.96. The summed E-state index contributed by atoms with van der Waals surface area (Å²) in [6.07, 6.45) is 3.31. The molecule has 0 N–H and O–H groups in total. The molecule has 0 radical (unpaired) electrons. The van der Waals surface area contributed by atoms with Gasteiger partial charge in [-0.2, -0.15) is 0 Å². The topological polar surface area (TPSA) is 29.5 Å². The van der Waals surface area contributed by atoms with Gasteiger partial charge in [-0.15, -0.1) is 0 Å². The average Bonchev–Trinajstić information content (AvgIpc) is 2.53. The highest BCUT2D eigenvalue weighted by molar-refractivity contribution is 6.30. The normalized spacial score (nSPS) is 10.7. The van der Waals surface area contributed by atoms with Gasteiger partial charge in [-0.3, -0.25) is 4.79 Å². The Hall–Kier alpha value is -2.26. The summed E-state index contributed by atoms with van der Waals surface area (Å²) in [6.45, 7) is 0.544. The van der Waals surface area contributed by atoms with Crippen LogP contribution in [0.3, 0.4) is 0 Å². The molecular formula is C18H18ClNO2. The first-order valence-electron chi connectivity index (χ1n) is 6.90. The minimum Gasteiger partial charge on any atom is -0.497 e. The van der Waals surface area contributed by atoms with Crippen molar-refractivity contribution in [1.82, 2.24) is 4.90 Å². The van der Waals surface area contributed by atoms with Crippen molar-refractivity contribution in [1.29, 1.82) is 0 Å². The third-order valence-corrected chi connectivity index (χ3v) is 3.46. The molecule has 0 aliphatic rings. The SMILES string of the molecule is COc1ccc(CN(C)C(=O)/C=C/c2cccc(Cl)c2)cc1. The molecule has 1 amide bonds.